The molecule has 306 valence electrons. The Morgan fingerprint density at radius 2 is 0.984 bits per heavy atom. The number of hydrogen-bond acceptors (Lipinski definition) is 10. The first-order valence-electron chi connectivity index (χ1n) is 19.6. The third-order valence-electron chi connectivity index (χ3n) is 10.4. The van der Waals surface area contributed by atoms with Gasteiger partial charge in [0, 0.05) is 32.7 Å². The van der Waals surface area contributed by atoms with E-state index in [4.69, 9.17) is 44.7 Å². The largest absolute Gasteiger partial charge is 0.493 e. The van der Waals surface area contributed by atoms with Crippen molar-refractivity contribution in [3.63, 3.8) is 0 Å². The fraction of sp³-hybridized carbons (Fsp3) is 0.137. The summed E-state index contributed by atoms with van der Waals surface area (Å²) in [4.78, 5) is 34.5. The average molecular weight is 877 g/mol. The molecular weight excluding hydrogens is 833 g/mol. The van der Waals surface area contributed by atoms with Crippen molar-refractivity contribution in [1.29, 1.82) is 0 Å². The minimum absolute atomic E-state index is 0.0629. The molecule has 6 aromatic rings. The van der Waals surface area contributed by atoms with E-state index in [1.54, 1.807) is 0 Å². The number of fused-ring (bicyclic) bond motifs is 3. The number of carbonyl (C=O) groups excluding carboxylic acids is 2. The normalized spacial score (nSPS) is 12.9. The third-order valence-corrected chi connectivity index (χ3v) is 12.8. The van der Waals surface area contributed by atoms with Crippen LogP contribution in [0.5, 0.6) is 11.5 Å². The summed E-state index contributed by atoms with van der Waals surface area (Å²) in [5.41, 5.74) is 11.3. The fourth-order valence-corrected chi connectivity index (χ4v) is 9.02. The number of benzene rings is 6. The standard InChI is InChI=1S/C51H44N2O4S4/c1-5-49(54)60-29-27-56-39-21-15-35(16-22-39)33(3)52-45-25-19-37(31-47(45)58)51(43-13-9-7-11-41(43)42-12-8-10-14-44(42)51)38-20-26-46(48(59)32-38)53-34(4)36-17-23-40(24-18-36)57-28-30-61-50(55)6-2/h5-26,31-32,58-59H,1-2,27-30H2,3-4H3/b52-33+,53-34+. The van der Waals surface area contributed by atoms with E-state index >= 15 is 0 Å². The quantitative estimate of drug-likeness (QED) is 0.0436. The zero-order valence-corrected chi connectivity index (χ0v) is 37.3. The van der Waals surface area contributed by atoms with Gasteiger partial charge in [0.25, 0.3) is 0 Å². The molecule has 0 atom stereocenters. The Morgan fingerprint density at radius 1 is 0.590 bits per heavy atom. The van der Waals surface area contributed by atoms with Crippen LogP contribution in [0, 0.1) is 0 Å². The Hall–Kier alpha value is -5.52. The average Bonchev–Trinajstić information content (AvgIpc) is 3.59. The molecule has 0 fully saturated rings. The molecule has 0 unspecified atom stereocenters. The van der Waals surface area contributed by atoms with Crippen molar-refractivity contribution in [2.24, 2.45) is 9.98 Å². The third kappa shape index (κ3) is 9.68. The van der Waals surface area contributed by atoms with Crippen molar-refractivity contribution < 1.29 is 19.1 Å². The van der Waals surface area contributed by atoms with Crippen LogP contribution in [0.3, 0.4) is 0 Å². The molecule has 0 spiro atoms. The molecule has 6 nitrogen and oxygen atoms in total. The molecular formula is C51H44N2O4S4. The van der Waals surface area contributed by atoms with Gasteiger partial charge in [-0.1, -0.05) is 97.3 Å². The zero-order valence-electron chi connectivity index (χ0n) is 33.8. The van der Waals surface area contributed by atoms with Gasteiger partial charge in [-0.3, -0.25) is 19.6 Å². The van der Waals surface area contributed by atoms with E-state index in [0.717, 1.165) is 66.3 Å². The maximum Gasteiger partial charge on any atom is 0.211 e. The topological polar surface area (TPSA) is 77.3 Å². The number of thioether (sulfide) groups is 2. The molecule has 0 aliphatic heterocycles. The number of carbonyl (C=O) groups is 2. The van der Waals surface area contributed by atoms with Crippen molar-refractivity contribution in [2.75, 3.05) is 24.7 Å². The number of thiol groups is 2. The summed E-state index contributed by atoms with van der Waals surface area (Å²) in [6.07, 6.45) is 2.62. The number of rotatable bonds is 16. The van der Waals surface area contributed by atoms with Crippen molar-refractivity contribution in [3.05, 3.63) is 192 Å². The van der Waals surface area contributed by atoms with Crippen LogP contribution in [-0.4, -0.2) is 46.4 Å². The summed E-state index contributed by atoms with van der Waals surface area (Å²) >= 11 is 12.5. The molecule has 7 rings (SSSR count). The molecule has 1 aliphatic carbocycles. The van der Waals surface area contributed by atoms with Gasteiger partial charge in [-0.25, -0.2) is 0 Å². The molecule has 0 radical (unpaired) electrons. The summed E-state index contributed by atoms with van der Waals surface area (Å²) < 4.78 is 11.6. The maximum absolute atomic E-state index is 11.5. The van der Waals surface area contributed by atoms with E-state index in [2.05, 4.69) is 98.1 Å². The number of ether oxygens (including phenoxy) is 2. The van der Waals surface area contributed by atoms with Gasteiger partial charge in [0.1, 0.15) is 11.5 Å². The van der Waals surface area contributed by atoms with E-state index in [1.165, 1.54) is 57.9 Å². The van der Waals surface area contributed by atoms with Gasteiger partial charge in [-0.05, 0) is 143 Å². The number of hydrogen-bond donors (Lipinski definition) is 2. The Balaban J connectivity index is 1.18. The molecule has 0 aromatic heterocycles. The monoisotopic (exact) mass is 876 g/mol. The smallest absolute Gasteiger partial charge is 0.211 e. The van der Waals surface area contributed by atoms with Crippen LogP contribution in [-0.2, 0) is 15.0 Å². The Bertz CT molecular complexity index is 2490. The van der Waals surface area contributed by atoms with Crippen LogP contribution in [0.15, 0.2) is 179 Å². The number of aliphatic imine (C=N–C) groups is 2. The Morgan fingerprint density at radius 3 is 1.36 bits per heavy atom. The molecule has 1 aliphatic rings. The SMILES string of the molecule is C=CC(=O)SCCOc1ccc(/C(C)=N/c2ccc(C3(c4ccc(/N=C(\C)c5ccc(OCCSC(=O)C=C)cc5)c(S)c4)c4ccccc4-c4ccccc43)cc2S)cc1. The lowest BCUT2D eigenvalue weighted by Gasteiger charge is -2.34. The molecule has 6 aromatic carbocycles. The summed E-state index contributed by atoms with van der Waals surface area (Å²) in [5, 5.41) is -0.126. The highest BCUT2D eigenvalue weighted by Gasteiger charge is 2.46. The predicted molar refractivity (Wildman–Crippen MR) is 261 cm³/mol. The predicted octanol–water partition coefficient (Wildman–Crippen LogP) is 12.6. The lowest BCUT2D eigenvalue weighted by molar-refractivity contribution is -0.107. The van der Waals surface area contributed by atoms with E-state index in [1.807, 2.05) is 62.4 Å². The highest BCUT2D eigenvalue weighted by molar-refractivity contribution is 8.14. The van der Waals surface area contributed by atoms with Crippen molar-refractivity contribution >= 4 is 81.8 Å². The van der Waals surface area contributed by atoms with Gasteiger partial charge >= 0.3 is 0 Å². The highest BCUT2D eigenvalue weighted by atomic mass is 32.2. The second-order valence-electron chi connectivity index (χ2n) is 14.1. The maximum atomic E-state index is 11.5. The second kappa shape index (κ2) is 19.9. The summed E-state index contributed by atoms with van der Waals surface area (Å²) in [6, 6.07) is 45.5. The van der Waals surface area contributed by atoms with E-state index in [-0.39, 0.29) is 10.2 Å². The van der Waals surface area contributed by atoms with Crippen LogP contribution in [0.25, 0.3) is 11.1 Å². The van der Waals surface area contributed by atoms with Crippen molar-refractivity contribution in [1.82, 2.24) is 0 Å². The first-order chi connectivity index (χ1) is 29.6. The molecule has 10 heteroatoms. The van der Waals surface area contributed by atoms with Crippen LogP contribution in [0.2, 0.25) is 0 Å². The second-order valence-corrected chi connectivity index (χ2v) is 17.3. The Labute approximate surface area is 377 Å². The van der Waals surface area contributed by atoms with Crippen LogP contribution in [0.1, 0.15) is 47.2 Å². The first-order valence-corrected chi connectivity index (χ1v) is 22.5. The summed E-state index contributed by atoms with van der Waals surface area (Å²) in [5.74, 6) is 2.57. The molecule has 0 amide bonds. The zero-order chi connectivity index (χ0) is 42.9. The molecule has 0 heterocycles. The van der Waals surface area contributed by atoms with Crippen molar-refractivity contribution in [2.45, 2.75) is 29.1 Å². The molecule has 0 saturated heterocycles. The van der Waals surface area contributed by atoms with Gasteiger partial charge in [0.15, 0.2) is 0 Å². The van der Waals surface area contributed by atoms with Gasteiger partial charge in [-0.15, -0.1) is 25.3 Å². The van der Waals surface area contributed by atoms with E-state index < -0.39 is 5.41 Å². The lowest BCUT2D eigenvalue weighted by atomic mass is 9.67. The van der Waals surface area contributed by atoms with E-state index in [0.29, 0.717) is 24.7 Å². The van der Waals surface area contributed by atoms with Crippen LogP contribution >= 0.6 is 48.8 Å². The summed E-state index contributed by atoms with van der Waals surface area (Å²) in [7, 11) is 0. The Kier molecular flexibility index (Phi) is 14.2. The van der Waals surface area contributed by atoms with Gasteiger partial charge in [-0.2, -0.15) is 0 Å². The molecule has 0 N–H and O–H groups in total. The van der Waals surface area contributed by atoms with Crippen molar-refractivity contribution in [3.8, 4) is 22.6 Å². The van der Waals surface area contributed by atoms with E-state index in [9.17, 15) is 9.59 Å². The minimum Gasteiger partial charge on any atom is -0.493 e. The van der Waals surface area contributed by atoms with Gasteiger partial charge in [0.05, 0.1) is 30.0 Å². The van der Waals surface area contributed by atoms with Gasteiger partial charge in [0.2, 0.25) is 10.2 Å². The van der Waals surface area contributed by atoms with Crippen LogP contribution < -0.4 is 9.47 Å². The highest BCUT2D eigenvalue weighted by Crippen LogP contribution is 2.57. The van der Waals surface area contributed by atoms with Gasteiger partial charge < -0.3 is 9.47 Å². The number of nitrogens with zero attached hydrogens (tertiary/aromatic N) is 2. The molecule has 0 saturated carbocycles. The fourth-order valence-electron chi connectivity index (χ4n) is 7.52. The summed E-state index contributed by atoms with van der Waals surface area (Å²) in [6.45, 7) is 11.8. The lowest BCUT2D eigenvalue weighted by Crippen LogP contribution is -2.28. The molecule has 61 heavy (non-hydrogen) atoms. The first kappa shape index (κ1) is 43.6. The minimum atomic E-state index is -0.669. The van der Waals surface area contributed by atoms with Crippen LogP contribution in [0.4, 0.5) is 11.4 Å². The molecule has 0 bridgehead atoms.